The molecule has 7 heteroatoms. The van der Waals surface area contributed by atoms with Crippen LogP contribution in [0.5, 0.6) is 17.2 Å². The Morgan fingerprint density at radius 1 is 1.32 bits per heavy atom. The third-order valence-corrected chi connectivity index (χ3v) is 2.37. The molecule has 1 aliphatic rings. The first-order valence-electron chi connectivity index (χ1n) is 5.55. The van der Waals surface area contributed by atoms with Crippen molar-refractivity contribution in [3.05, 3.63) is 18.2 Å². The number of carbonyl (C=O) groups is 2. The molecule has 1 N–H and O–H groups in total. The largest absolute Gasteiger partial charge is 0.484 e. The lowest BCUT2D eigenvalue weighted by molar-refractivity contribution is -0.141. The van der Waals surface area contributed by atoms with Crippen LogP contribution in [-0.4, -0.2) is 38.9 Å². The Morgan fingerprint density at radius 3 is 2.89 bits per heavy atom. The van der Waals surface area contributed by atoms with Gasteiger partial charge in [-0.05, 0) is 12.1 Å². The minimum Gasteiger partial charge on any atom is -0.484 e. The van der Waals surface area contributed by atoms with Gasteiger partial charge in [-0.3, -0.25) is 9.59 Å². The smallest absolute Gasteiger partial charge is 0.325 e. The van der Waals surface area contributed by atoms with Crippen molar-refractivity contribution < 1.29 is 28.5 Å². The second-order valence-corrected chi connectivity index (χ2v) is 3.66. The molecule has 0 aromatic heterocycles. The monoisotopic (exact) mass is 267 g/mol. The lowest BCUT2D eigenvalue weighted by atomic mass is 10.3. The molecule has 1 aliphatic heterocycles. The van der Waals surface area contributed by atoms with Gasteiger partial charge >= 0.3 is 5.97 Å². The SMILES string of the molecule is COC(=O)CNC(=O)COc1ccc2c(c1)OCO2. The van der Waals surface area contributed by atoms with E-state index in [-0.39, 0.29) is 19.9 Å². The molecule has 7 nitrogen and oxygen atoms in total. The van der Waals surface area contributed by atoms with Gasteiger partial charge in [0.2, 0.25) is 6.79 Å². The summed E-state index contributed by atoms with van der Waals surface area (Å²) >= 11 is 0. The first-order chi connectivity index (χ1) is 9.19. The molecule has 0 radical (unpaired) electrons. The second-order valence-electron chi connectivity index (χ2n) is 3.66. The van der Waals surface area contributed by atoms with Gasteiger partial charge in [-0.2, -0.15) is 0 Å². The van der Waals surface area contributed by atoms with E-state index in [0.717, 1.165) is 0 Å². The van der Waals surface area contributed by atoms with Crippen molar-refractivity contribution in [2.45, 2.75) is 0 Å². The maximum absolute atomic E-state index is 11.4. The number of hydrogen-bond donors (Lipinski definition) is 1. The van der Waals surface area contributed by atoms with E-state index < -0.39 is 11.9 Å². The molecule has 0 saturated heterocycles. The lowest BCUT2D eigenvalue weighted by Gasteiger charge is -2.07. The highest BCUT2D eigenvalue weighted by atomic mass is 16.7. The Morgan fingerprint density at radius 2 is 2.11 bits per heavy atom. The average molecular weight is 267 g/mol. The highest BCUT2D eigenvalue weighted by Crippen LogP contribution is 2.34. The van der Waals surface area contributed by atoms with E-state index in [4.69, 9.17) is 14.2 Å². The normalized spacial score (nSPS) is 11.8. The number of esters is 1. The van der Waals surface area contributed by atoms with E-state index in [2.05, 4.69) is 10.1 Å². The summed E-state index contributed by atoms with van der Waals surface area (Å²) in [7, 11) is 1.25. The number of benzene rings is 1. The van der Waals surface area contributed by atoms with Crippen LogP contribution in [0.15, 0.2) is 18.2 Å². The van der Waals surface area contributed by atoms with Gasteiger partial charge in [0.05, 0.1) is 7.11 Å². The minimum atomic E-state index is -0.517. The summed E-state index contributed by atoms with van der Waals surface area (Å²) in [5.74, 6) is 0.770. The summed E-state index contributed by atoms with van der Waals surface area (Å²) in [4.78, 5) is 22.2. The molecule has 0 saturated carbocycles. The van der Waals surface area contributed by atoms with Gasteiger partial charge < -0.3 is 24.3 Å². The second kappa shape index (κ2) is 5.94. The van der Waals surface area contributed by atoms with Crippen LogP contribution < -0.4 is 19.5 Å². The van der Waals surface area contributed by atoms with Crippen LogP contribution in [0.4, 0.5) is 0 Å². The maximum Gasteiger partial charge on any atom is 0.325 e. The molecule has 102 valence electrons. The molecule has 2 rings (SSSR count). The van der Waals surface area contributed by atoms with Crippen molar-refractivity contribution in [2.75, 3.05) is 27.1 Å². The van der Waals surface area contributed by atoms with Crippen LogP contribution in [-0.2, 0) is 14.3 Å². The molecule has 0 unspecified atom stereocenters. The maximum atomic E-state index is 11.4. The van der Waals surface area contributed by atoms with Gasteiger partial charge in [0.1, 0.15) is 12.3 Å². The molecule has 0 bridgehead atoms. The van der Waals surface area contributed by atoms with Crippen LogP contribution in [0.2, 0.25) is 0 Å². The van der Waals surface area contributed by atoms with Gasteiger partial charge in [0, 0.05) is 6.07 Å². The predicted octanol–water partition coefficient (Wildman–Crippen LogP) is 0.0833. The van der Waals surface area contributed by atoms with E-state index in [1.165, 1.54) is 7.11 Å². The Bertz CT molecular complexity index is 487. The molecule has 1 amide bonds. The van der Waals surface area contributed by atoms with E-state index in [1.54, 1.807) is 18.2 Å². The van der Waals surface area contributed by atoms with Crippen molar-refractivity contribution in [1.82, 2.24) is 5.32 Å². The number of amides is 1. The minimum absolute atomic E-state index is 0.179. The number of hydrogen-bond acceptors (Lipinski definition) is 6. The highest BCUT2D eigenvalue weighted by molar-refractivity contribution is 5.82. The van der Waals surface area contributed by atoms with Crippen LogP contribution in [0.3, 0.4) is 0 Å². The third-order valence-electron chi connectivity index (χ3n) is 2.37. The van der Waals surface area contributed by atoms with Crippen molar-refractivity contribution in [1.29, 1.82) is 0 Å². The molecule has 0 aliphatic carbocycles. The van der Waals surface area contributed by atoms with Gasteiger partial charge in [0.25, 0.3) is 5.91 Å². The Kier molecular flexibility index (Phi) is 4.07. The molecular weight excluding hydrogens is 254 g/mol. The van der Waals surface area contributed by atoms with Gasteiger partial charge in [-0.25, -0.2) is 0 Å². The number of ether oxygens (including phenoxy) is 4. The summed E-state index contributed by atoms with van der Waals surface area (Å²) in [6, 6.07) is 5.00. The van der Waals surface area contributed by atoms with Crippen LogP contribution in [0.25, 0.3) is 0 Å². The lowest BCUT2D eigenvalue weighted by Crippen LogP contribution is -2.33. The van der Waals surface area contributed by atoms with E-state index >= 15 is 0 Å². The predicted molar refractivity (Wildman–Crippen MR) is 63.1 cm³/mol. The first-order valence-corrected chi connectivity index (χ1v) is 5.55. The third kappa shape index (κ3) is 3.51. The zero-order valence-corrected chi connectivity index (χ0v) is 10.3. The molecular formula is C12H13NO6. The fourth-order valence-electron chi connectivity index (χ4n) is 1.41. The topological polar surface area (TPSA) is 83.1 Å². The van der Waals surface area contributed by atoms with Crippen LogP contribution >= 0.6 is 0 Å². The standard InChI is InChI=1S/C12H13NO6/c1-16-12(15)5-13-11(14)6-17-8-2-3-9-10(4-8)19-7-18-9/h2-4H,5-7H2,1H3,(H,13,14). The quantitative estimate of drug-likeness (QED) is 0.761. The summed E-state index contributed by atoms with van der Waals surface area (Å²) in [6.45, 7) is -0.200. The van der Waals surface area contributed by atoms with Crippen molar-refractivity contribution in [2.24, 2.45) is 0 Å². The number of methoxy groups -OCH3 is 1. The summed E-state index contributed by atoms with van der Waals surface area (Å²) in [6.07, 6.45) is 0. The highest BCUT2D eigenvalue weighted by Gasteiger charge is 2.14. The van der Waals surface area contributed by atoms with Crippen LogP contribution in [0, 0.1) is 0 Å². The Hall–Kier alpha value is -2.44. The zero-order chi connectivity index (χ0) is 13.7. The van der Waals surface area contributed by atoms with E-state index in [1.807, 2.05) is 0 Å². The number of rotatable bonds is 5. The van der Waals surface area contributed by atoms with Crippen LogP contribution in [0.1, 0.15) is 0 Å². The Balaban J connectivity index is 1.79. The molecule has 0 spiro atoms. The summed E-state index contributed by atoms with van der Waals surface area (Å²) in [5.41, 5.74) is 0. The van der Waals surface area contributed by atoms with Crippen molar-refractivity contribution in [3.8, 4) is 17.2 Å². The molecule has 19 heavy (non-hydrogen) atoms. The van der Waals surface area contributed by atoms with Gasteiger partial charge in [-0.1, -0.05) is 0 Å². The molecule has 0 fully saturated rings. The molecule has 0 atom stereocenters. The fraction of sp³-hybridized carbons (Fsp3) is 0.333. The number of carbonyl (C=O) groups excluding carboxylic acids is 2. The molecule has 1 aromatic carbocycles. The first kappa shape index (κ1) is 13.0. The molecule has 1 heterocycles. The number of fused-ring (bicyclic) bond motifs is 1. The number of nitrogens with one attached hydrogen (secondary N) is 1. The fourth-order valence-corrected chi connectivity index (χ4v) is 1.41. The van der Waals surface area contributed by atoms with Gasteiger partial charge in [0.15, 0.2) is 18.1 Å². The Labute approximate surface area is 109 Å². The zero-order valence-electron chi connectivity index (χ0n) is 10.3. The van der Waals surface area contributed by atoms with E-state index in [9.17, 15) is 9.59 Å². The molecule has 1 aromatic rings. The summed E-state index contributed by atoms with van der Waals surface area (Å²) in [5, 5.41) is 2.36. The van der Waals surface area contributed by atoms with Gasteiger partial charge in [-0.15, -0.1) is 0 Å². The van der Waals surface area contributed by atoms with E-state index in [0.29, 0.717) is 17.2 Å². The van der Waals surface area contributed by atoms with Crippen molar-refractivity contribution >= 4 is 11.9 Å². The van der Waals surface area contributed by atoms with Crippen molar-refractivity contribution in [3.63, 3.8) is 0 Å². The average Bonchev–Trinajstić information content (AvgIpc) is 2.89. The summed E-state index contributed by atoms with van der Waals surface area (Å²) < 4.78 is 20.0.